The standard InChI is InChI=1S/C52H36N4/c1-5-19-36(20-6-1)50-51(37-21-7-2-8-22-37)56(52(53-50)38-23-9-3-10-24-38)41-34-39(54-46-29-12-4-11-25-42(46)43-26-13-16-30-47(43)54)33-40(35-41)55-48-31-17-14-27-44(48)45-28-15-18-32-49(45)55/h1-24,26-35H,25H2. The number of imidazole rings is 1. The molecule has 1 aliphatic carbocycles. The number of hydrogen-bond donors (Lipinski definition) is 0. The predicted molar refractivity (Wildman–Crippen MR) is 233 cm³/mol. The Labute approximate surface area is 325 Å². The highest BCUT2D eigenvalue weighted by Crippen LogP contribution is 2.42. The summed E-state index contributed by atoms with van der Waals surface area (Å²) in [4.78, 5) is 5.55. The summed E-state index contributed by atoms with van der Waals surface area (Å²) in [5.74, 6) is 0.883. The highest BCUT2D eigenvalue weighted by Gasteiger charge is 2.25. The molecule has 3 aromatic heterocycles. The molecule has 0 saturated heterocycles. The van der Waals surface area contributed by atoms with Gasteiger partial charge < -0.3 is 9.13 Å². The molecule has 0 radical (unpaired) electrons. The first kappa shape index (κ1) is 32.0. The number of allylic oxidation sites excluding steroid dienone is 3. The quantitative estimate of drug-likeness (QED) is 0.168. The monoisotopic (exact) mass is 716 g/mol. The molecular weight excluding hydrogens is 681 g/mol. The zero-order valence-corrected chi connectivity index (χ0v) is 30.6. The van der Waals surface area contributed by atoms with Gasteiger partial charge in [0.25, 0.3) is 0 Å². The second-order valence-electron chi connectivity index (χ2n) is 14.4. The minimum Gasteiger partial charge on any atom is -0.309 e. The molecule has 0 fully saturated rings. The lowest BCUT2D eigenvalue weighted by Crippen LogP contribution is -2.06. The van der Waals surface area contributed by atoms with Crippen LogP contribution in [0.5, 0.6) is 0 Å². The van der Waals surface area contributed by atoms with Crippen LogP contribution >= 0.6 is 0 Å². The smallest absolute Gasteiger partial charge is 0.145 e. The van der Waals surface area contributed by atoms with Gasteiger partial charge in [0.05, 0.1) is 50.7 Å². The topological polar surface area (TPSA) is 27.7 Å². The number of aromatic nitrogens is 4. The van der Waals surface area contributed by atoms with Gasteiger partial charge in [-0.2, -0.15) is 0 Å². The number of hydrogen-bond acceptors (Lipinski definition) is 1. The van der Waals surface area contributed by atoms with E-state index >= 15 is 0 Å². The number of nitrogens with zero attached hydrogens (tertiary/aromatic N) is 4. The first-order valence-corrected chi connectivity index (χ1v) is 19.2. The van der Waals surface area contributed by atoms with Crippen molar-refractivity contribution in [2.45, 2.75) is 6.42 Å². The molecule has 0 spiro atoms. The van der Waals surface area contributed by atoms with Crippen molar-refractivity contribution in [1.29, 1.82) is 0 Å². The molecule has 0 bridgehead atoms. The summed E-state index contributed by atoms with van der Waals surface area (Å²) in [6, 6.07) is 65.3. The van der Waals surface area contributed by atoms with Crippen LogP contribution in [0.4, 0.5) is 0 Å². The maximum atomic E-state index is 5.55. The molecule has 1 aliphatic rings. The maximum absolute atomic E-state index is 5.55. The Morgan fingerprint density at radius 1 is 0.411 bits per heavy atom. The molecule has 56 heavy (non-hydrogen) atoms. The molecule has 4 heteroatoms. The Morgan fingerprint density at radius 2 is 0.893 bits per heavy atom. The van der Waals surface area contributed by atoms with Crippen molar-refractivity contribution < 1.29 is 0 Å². The third-order valence-electron chi connectivity index (χ3n) is 11.1. The third-order valence-corrected chi connectivity index (χ3v) is 11.1. The predicted octanol–water partition coefficient (Wildman–Crippen LogP) is 13.0. The summed E-state index contributed by atoms with van der Waals surface area (Å²) in [5.41, 5.74) is 14.4. The minimum atomic E-state index is 0.869. The van der Waals surface area contributed by atoms with Crippen molar-refractivity contribution in [1.82, 2.24) is 18.7 Å². The SMILES string of the molecule is C1=CCc2c(n(-c3cc(-n4c(-c5ccccc5)nc(-c5ccccc5)c4-c4ccccc4)cc(-n4c5ccccc5c5ccccc54)c3)c3ccccc23)C=C1. The maximum Gasteiger partial charge on any atom is 0.145 e. The summed E-state index contributed by atoms with van der Waals surface area (Å²) in [7, 11) is 0. The van der Waals surface area contributed by atoms with Gasteiger partial charge >= 0.3 is 0 Å². The molecule has 10 aromatic rings. The Kier molecular flexibility index (Phi) is 7.52. The van der Waals surface area contributed by atoms with Gasteiger partial charge in [0.15, 0.2) is 0 Å². The Morgan fingerprint density at radius 3 is 1.52 bits per heavy atom. The van der Waals surface area contributed by atoms with E-state index in [9.17, 15) is 0 Å². The molecule has 0 aliphatic heterocycles. The molecular formula is C52H36N4. The van der Waals surface area contributed by atoms with Crippen LogP contribution in [0.3, 0.4) is 0 Å². The van der Waals surface area contributed by atoms with Crippen LogP contribution in [-0.2, 0) is 6.42 Å². The van der Waals surface area contributed by atoms with Gasteiger partial charge in [-0.05, 0) is 54.5 Å². The van der Waals surface area contributed by atoms with E-state index in [1.165, 1.54) is 44.0 Å². The summed E-state index contributed by atoms with van der Waals surface area (Å²) in [6.07, 6.45) is 9.72. The molecule has 0 amide bonds. The zero-order valence-electron chi connectivity index (χ0n) is 30.6. The lowest BCUT2D eigenvalue weighted by molar-refractivity contribution is 1.03. The van der Waals surface area contributed by atoms with Crippen LogP contribution in [0.1, 0.15) is 11.3 Å². The van der Waals surface area contributed by atoms with E-state index in [-0.39, 0.29) is 0 Å². The highest BCUT2D eigenvalue weighted by molar-refractivity contribution is 6.09. The van der Waals surface area contributed by atoms with Gasteiger partial charge in [-0.1, -0.05) is 164 Å². The minimum absolute atomic E-state index is 0.869. The molecule has 7 aromatic carbocycles. The van der Waals surface area contributed by atoms with E-state index in [1.54, 1.807) is 0 Å². The summed E-state index contributed by atoms with van der Waals surface area (Å²) >= 11 is 0. The highest BCUT2D eigenvalue weighted by atomic mass is 15.1. The van der Waals surface area contributed by atoms with E-state index in [4.69, 9.17) is 4.98 Å². The second-order valence-corrected chi connectivity index (χ2v) is 14.4. The van der Waals surface area contributed by atoms with Gasteiger partial charge in [0.2, 0.25) is 0 Å². The van der Waals surface area contributed by atoms with Crippen LogP contribution < -0.4 is 0 Å². The molecule has 11 rings (SSSR count). The fourth-order valence-electron chi connectivity index (χ4n) is 8.69. The van der Waals surface area contributed by atoms with Gasteiger partial charge in [0.1, 0.15) is 5.82 Å². The van der Waals surface area contributed by atoms with Gasteiger partial charge in [0, 0.05) is 32.8 Å². The van der Waals surface area contributed by atoms with Crippen LogP contribution in [0.2, 0.25) is 0 Å². The van der Waals surface area contributed by atoms with E-state index in [2.05, 4.69) is 220 Å². The number of para-hydroxylation sites is 3. The van der Waals surface area contributed by atoms with Gasteiger partial charge in [-0.3, -0.25) is 4.57 Å². The molecule has 0 unspecified atom stereocenters. The normalized spacial score (nSPS) is 12.4. The Balaban J connectivity index is 1.30. The first-order chi connectivity index (χ1) is 27.8. The van der Waals surface area contributed by atoms with E-state index in [1.807, 2.05) is 0 Å². The Hall–Kier alpha value is -7.43. The van der Waals surface area contributed by atoms with Crippen molar-refractivity contribution in [3.63, 3.8) is 0 Å². The molecule has 264 valence electrons. The fraction of sp³-hybridized carbons (Fsp3) is 0.0192. The lowest BCUT2D eigenvalue weighted by atomic mass is 10.0. The van der Waals surface area contributed by atoms with E-state index < -0.39 is 0 Å². The van der Waals surface area contributed by atoms with Crippen molar-refractivity contribution in [2.75, 3.05) is 0 Å². The van der Waals surface area contributed by atoms with Crippen LogP contribution in [0.25, 0.3) is 89.7 Å². The lowest BCUT2D eigenvalue weighted by Gasteiger charge is -2.19. The average Bonchev–Trinajstić information content (AvgIpc) is 3.86. The van der Waals surface area contributed by atoms with Crippen molar-refractivity contribution in [3.8, 4) is 51.0 Å². The Bertz CT molecular complexity index is 3090. The molecule has 0 saturated carbocycles. The average molecular weight is 717 g/mol. The number of fused-ring (bicyclic) bond motifs is 6. The van der Waals surface area contributed by atoms with Crippen LogP contribution in [-0.4, -0.2) is 18.7 Å². The first-order valence-electron chi connectivity index (χ1n) is 19.2. The van der Waals surface area contributed by atoms with Crippen LogP contribution in [0, 0.1) is 0 Å². The van der Waals surface area contributed by atoms with Crippen LogP contribution in [0.15, 0.2) is 200 Å². The zero-order chi connectivity index (χ0) is 37.0. The van der Waals surface area contributed by atoms with Gasteiger partial charge in [-0.25, -0.2) is 4.98 Å². The largest absolute Gasteiger partial charge is 0.309 e. The molecule has 3 heterocycles. The second kappa shape index (κ2) is 13.2. The molecule has 0 atom stereocenters. The summed E-state index contributed by atoms with van der Waals surface area (Å²) in [6.45, 7) is 0. The molecule has 4 nitrogen and oxygen atoms in total. The number of rotatable bonds is 6. The number of benzene rings is 7. The fourth-order valence-corrected chi connectivity index (χ4v) is 8.69. The van der Waals surface area contributed by atoms with E-state index in [0.717, 1.165) is 57.4 Å². The summed E-state index contributed by atoms with van der Waals surface area (Å²) < 4.78 is 7.27. The van der Waals surface area contributed by atoms with Crippen molar-refractivity contribution in [3.05, 3.63) is 211 Å². The third kappa shape index (κ3) is 5.11. The van der Waals surface area contributed by atoms with Crippen molar-refractivity contribution >= 4 is 38.8 Å². The van der Waals surface area contributed by atoms with Gasteiger partial charge in [-0.15, -0.1) is 0 Å². The summed E-state index contributed by atoms with van der Waals surface area (Å²) in [5, 5.41) is 3.73. The van der Waals surface area contributed by atoms with Crippen molar-refractivity contribution in [2.24, 2.45) is 0 Å². The molecule has 0 N–H and O–H groups in total. The van der Waals surface area contributed by atoms with E-state index in [0.29, 0.717) is 0 Å².